The molecule has 0 saturated carbocycles. The van der Waals surface area contributed by atoms with Crippen molar-refractivity contribution in [3.8, 4) is 5.75 Å². The van der Waals surface area contributed by atoms with Crippen LogP contribution in [0.3, 0.4) is 0 Å². The number of hydrogen-bond acceptors (Lipinski definition) is 4. The molecule has 0 spiro atoms. The number of urea groups is 1. The highest BCUT2D eigenvalue weighted by atomic mass is 35.5. The number of halogens is 1. The number of amides is 3. The first-order valence-electron chi connectivity index (χ1n) is 8.06. The van der Waals surface area contributed by atoms with Crippen molar-refractivity contribution in [1.29, 1.82) is 0 Å². The Morgan fingerprint density at radius 1 is 1.19 bits per heavy atom. The van der Waals surface area contributed by atoms with Crippen LogP contribution in [0.1, 0.15) is 17.2 Å². The van der Waals surface area contributed by atoms with Crippen LogP contribution in [0.25, 0.3) is 0 Å². The Bertz CT molecular complexity index is 768. The van der Waals surface area contributed by atoms with Crippen molar-refractivity contribution >= 4 is 23.5 Å². The summed E-state index contributed by atoms with van der Waals surface area (Å²) in [5.74, 6) is 0.263. The number of nitrogens with one attached hydrogen (secondary N) is 2. The highest BCUT2D eigenvalue weighted by molar-refractivity contribution is 6.30. The quantitative estimate of drug-likeness (QED) is 0.814. The summed E-state index contributed by atoms with van der Waals surface area (Å²) in [6.07, 6.45) is 0. The molecule has 0 aliphatic rings. The van der Waals surface area contributed by atoms with Crippen molar-refractivity contribution in [2.75, 3.05) is 21.2 Å². The Hall–Kier alpha value is -2.57. The number of benzene rings is 2. The van der Waals surface area contributed by atoms with Crippen LogP contribution in [0.4, 0.5) is 4.79 Å². The van der Waals surface area contributed by atoms with E-state index >= 15 is 0 Å². The van der Waals surface area contributed by atoms with Gasteiger partial charge in [-0.1, -0.05) is 41.9 Å². The fourth-order valence-electron chi connectivity index (χ4n) is 2.71. The minimum absolute atomic E-state index is 0.407. The van der Waals surface area contributed by atoms with E-state index in [1.54, 1.807) is 32.4 Å². The van der Waals surface area contributed by atoms with Gasteiger partial charge in [-0.2, -0.15) is 0 Å². The maximum absolute atomic E-state index is 12.7. The first-order chi connectivity index (χ1) is 12.5. The summed E-state index contributed by atoms with van der Waals surface area (Å²) in [4.78, 5) is 26.1. The molecule has 2 rings (SSSR count). The van der Waals surface area contributed by atoms with Crippen molar-refractivity contribution in [2.24, 2.45) is 0 Å². The van der Waals surface area contributed by atoms with Crippen LogP contribution in [0.5, 0.6) is 5.75 Å². The molecule has 0 aliphatic heterocycles. The predicted octanol–water partition coefficient (Wildman–Crippen LogP) is 2.98. The smallest absolute Gasteiger partial charge is 0.321 e. The number of hydrogen-bond donors (Lipinski definition) is 2. The molecule has 0 aliphatic carbocycles. The second-order valence-corrected chi connectivity index (χ2v) is 6.19. The molecule has 6 nitrogen and oxygen atoms in total. The summed E-state index contributed by atoms with van der Waals surface area (Å²) in [6.45, 7) is 0.407. The third-order valence-electron chi connectivity index (χ3n) is 3.93. The second-order valence-electron chi connectivity index (χ2n) is 5.75. The molecule has 0 saturated heterocycles. The Kier molecular flexibility index (Phi) is 7.00. The van der Waals surface area contributed by atoms with Gasteiger partial charge in [-0.05, 0) is 30.8 Å². The molecule has 0 fully saturated rings. The van der Waals surface area contributed by atoms with Crippen molar-refractivity contribution in [3.05, 3.63) is 64.7 Å². The monoisotopic (exact) mass is 375 g/mol. The molecule has 2 aromatic carbocycles. The van der Waals surface area contributed by atoms with Gasteiger partial charge in [-0.15, -0.1) is 0 Å². The average molecular weight is 376 g/mol. The molecule has 0 heterocycles. The molecule has 1 atom stereocenters. The molecule has 3 amide bonds. The number of imide groups is 1. The SMILES string of the molecule is CNC(=O)NC(=O)[C@H](c1ccccc1)N(C)Cc1cc(Cl)ccc1OC. The Morgan fingerprint density at radius 2 is 1.88 bits per heavy atom. The summed E-state index contributed by atoms with van der Waals surface area (Å²) in [7, 11) is 4.85. The minimum Gasteiger partial charge on any atom is -0.496 e. The van der Waals surface area contributed by atoms with Crippen molar-refractivity contribution in [1.82, 2.24) is 15.5 Å². The highest BCUT2D eigenvalue weighted by Crippen LogP contribution is 2.27. The van der Waals surface area contributed by atoms with Gasteiger partial charge < -0.3 is 10.1 Å². The molecular formula is C19H22ClN3O3. The lowest BCUT2D eigenvalue weighted by Crippen LogP contribution is -2.44. The van der Waals surface area contributed by atoms with Gasteiger partial charge in [-0.25, -0.2) is 4.79 Å². The number of likely N-dealkylation sites (N-methyl/N-ethyl adjacent to an activating group) is 1. The third kappa shape index (κ3) is 4.97. The minimum atomic E-state index is -0.655. The summed E-state index contributed by atoms with van der Waals surface area (Å²) >= 11 is 6.10. The van der Waals surface area contributed by atoms with Gasteiger partial charge in [0.25, 0.3) is 0 Å². The van der Waals surface area contributed by atoms with E-state index in [0.717, 1.165) is 11.1 Å². The second kappa shape index (κ2) is 9.22. The predicted molar refractivity (Wildman–Crippen MR) is 101 cm³/mol. The van der Waals surface area contributed by atoms with Crippen LogP contribution in [-0.2, 0) is 11.3 Å². The summed E-state index contributed by atoms with van der Waals surface area (Å²) in [6, 6.07) is 13.4. The van der Waals surface area contributed by atoms with E-state index in [1.807, 2.05) is 35.2 Å². The molecule has 0 aromatic heterocycles. The number of methoxy groups -OCH3 is 1. The molecule has 7 heteroatoms. The Morgan fingerprint density at radius 3 is 2.50 bits per heavy atom. The van der Waals surface area contributed by atoms with Crippen LogP contribution in [0.2, 0.25) is 5.02 Å². The van der Waals surface area contributed by atoms with E-state index in [9.17, 15) is 9.59 Å². The lowest BCUT2D eigenvalue weighted by molar-refractivity contribution is -0.125. The van der Waals surface area contributed by atoms with Gasteiger partial charge in [0.1, 0.15) is 11.8 Å². The molecule has 0 unspecified atom stereocenters. The number of carbonyl (C=O) groups is 2. The van der Waals surface area contributed by atoms with Gasteiger partial charge in [0, 0.05) is 24.2 Å². The lowest BCUT2D eigenvalue weighted by atomic mass is 10.0. The maximum atomic E-state index is 12.7. The first kappa shape index (κ1) is 19.8. The van der Waals surface area contributed by atoms with Crippen molar-refractivity contribution < 1.29 is 14.3 Å². The zero-order chi connectivity index (χ0) is 19.1. The number of ether oxygens (including phenoxy) is 1. The molecule has 2 aromatic rings. The highest BCUT2D eigenvalue weighted by Gasteiger charge is 2.27. The van der Waals surface area contributed by atoms with E-state index in [1.165, 1.54) is 7.05 Å². The van der Waals surface area contributed by atoms with Crippen LogP contribution in [-0.4, -0.2) is 38.0 Å². The molecule has 0 radical (unpaired) electrons. The van der Waals surface area contributed by atoms with Crippen molar-refractivity contribution in [2.45, 2.75) is 12.6 Å². The van der Waals surface area contributed by atoms with E-state index in [0.29, 0.717) is 17.3 Å². The van der Waals surface area contributed by atoms with Gasteiger partial charge >= 0.3 is 6.03 Å². The molecule has 138 valence electrons. The zero-order valence-electron chi connectivity index (χ0n) is 15.0. The van der Waals surface area contributed by atoms with E-state index in [4.69, 9.17) is 16.3 Å². The van der Waals surface area contributed by atoms with E-state index in [2.05, 4.69) is 10.6 Å². The van der Waals surface area contributed by atoms with E-state index < -0.39 is 18.0 Å². The molecular weight excluding hydrogens is 354 g/mol. The fourth-order valence-corrected chi connectivity index (χ4v) is 2.91. The standard InChI is InChI=1S/C19H22ClN3O3/c1-21-19(25)22-18(24)17(13-7-5-4-6-8-13)23(2)12-14-11-15(20)9-10-16(14)26-3/h4-11,17H,12H2,1-3H3,(H2,21,22,24,25)/t17-/m0/s1. The van der Waals surface area contributed by atoms with Crippen molar-refractivity contribution in [3.63, 3.8) is 0 Å². The zero-order valence-corrected chi connectivity index (χ0v) is 15.7. The number of nitrogens with zero attached hydrogens (tertiary/aromatic N) is 1. The van der Waals surface area contributed by atoms with Gasteiger partial charge in [0.15, 0.2) is 0 Å². The van der Waals surface area contributed by atoms with Crippen LogP contribution in [0, 0.1) is 0 Å². The van der Waals surface area contributed by atoms with Gasteiger partial charge in [0.2, 0.25) is 5.91 Å². The lowest BCUT2D eigenvalue weighted by Gasteiger charge is -2.28. The first-order valence-corrected chi connectivity index (χ1v) is 8.44. The Labute approximate surface area is 158 Å². The normalized spacial score (nSPS) is 11.7. The van der Waals surface area contributed by atoms with Crippen LogP contribution < -0.4 is 15.4 Å². The maximum Gasteiger partial charge on any atom is 0.321 e. The largest absolute Gasteiger partial charge is 0.496 e. The van der Waals surface area contributed by atoms with E-state index in [-0.39, 0.29) is 0 Å². The van der Waals surface area contributed by atoms with Gasteiger partial charge in [-0.3, -0.25) is 15.0 Å². The van der Waals surface area contributed by atoms with Gasteiger partial charge in [0.05, 0.1) is 7.11 Å². The molecule has 26 heavy (non-hydrogen) atoms. The number of carbonyl (C=O) groups excluding carboxylic acids is 2. The topological polar surface area (TPSA) is 70.7 Å². The fraction of sp³-hybridized carbons (Fsp3) is 0.263. The summed E-state index contributed by atoms with van der Waals surface area (Å²) < 4.78 is 5.38. The average Bonchev–Trinajstić information content (AvgIpc) is 2.62. The van der Waals surface area contributed by atoms with Crippen LogP contribution in [0.15, 0.2) is 48.5 Å². The number of rotatable bonds is 6. The summed E-state index contributed by atoms with van der Waals surface area (Å²) in [5, 5.41) is 5.32. The summed E-state index contributed by atoms with van der Waals surface area (Å²) in [5.41, 5.74) is 1.62. The molecule has 0 bridgehead atoms. The van der Waals surface area contributed by atoms with Crippen LogP contribution >= 0.6 is 11.6 Å². The Balaban J connectivity index is 2.31. The molecule has 2 N–H and O–H groups in total. The third-order valence-corrected chi connectivity index (χ3v) is 4.17.